The Bertz CT molecular complexity index is 1310. The van der Waals surface area contributed by atoms with Gasteiger partial charge in [0, 0.05) is 5.02 Å². The highest BCUT2D eigenvalue weighted by Crippen LogP contribution is 2.29. The fourth-order valence-electron chi connectivity index (χ4n) is 3.86. The number of hydrogen-bond acceptors (Lipinski definition) is 4. The van der Waals surface area contributed by atoms with E-state index in [4.69, 9.17) is 16.3 Å². The molecular weight excluding hydrogens is 452 g/mol. The van der Waals surface area contributed by atoms with Gasteiger partial charge >= 0.3 is 6.03 Å². The third-order valence-electron chi connectivity index (χ3n) is 5.46. The molecule has 1 heterocycles. The van der Waals surface area contributed by atoms with E-state index in [1.165, 1.54) is 17.2 Å². The molecule has 6 nitrogen and oxygen atoms in total. The van der Waals surface area contributed by atoms with Crippen molar-refractivity contribution >= 4 is 41.2 Å². The number of urea groups is 1. The maximum atomic E-state index is 13.1. The molecule has 0 bridgehead atoms. The SMILES string of the molecule is Cc1cc(C)cc(COc2ccc(/C=C3\C(=O)NC(=O)N(c4cccc(Cl)c4C)C3=O)cc2)c1. The standard InChI is InChI=1S/C27H23ClN2O4/c1-16-11-17(2)13-20(12-16)15-34-21-9-7-19(8-10-21)14-22-25(31)29-27(33)30(26(22)32)24-6-4-5-23(28)18(24)3/h4-14H,15H2,1-3H3,(H,29,31,33)/b22-14+. The van der Waals surface area contributed by atoms with Crippen LogP contribution in [0, 0.1) is 20.8 Å². The van der Waals surface area contributed by atoms with Gasteiger partial charge in [-0.2, -0.15) is 0 Å². The van der Waals surface area contributed by atoms with E-state index in [1.807, 2.05) is 13.8 Å². The first kappa shape index (κ1) is 23.3. The summed E-state index contributed by atoms with van der Waals surface area (Å²) in [4.78, 5) is 38.9. The maximum Gasteiger partial charge on any atom is 0.335 e. The highest BCUT2D eigenvalue weighted by molar-refractivity contribution is 6.39. The number of halogens is 1. The Balaban J connectivity index is 1.54. The summed E-state index contributed by atoms with van der Waals surface area (Å²) >= 11 is 6.16. The second-order valence-corrected chi connectivity index (χ2v) is 8.60. The summed E-state index contributed by atoms with van der Waals surface area (Å²) in [6, 6.07) is 17.4. The number of anilines is 1. The molecular formula is C27H23ClN2O4. The van der Waals surface area contributed by atoms with Crippen LogP contribution in [0.4, 0.5) is 10.5 Å². The Morgan fingerprint density at radius 2 is 1.62 bits per heavy atom. The third kappa shape index (κ3) is 4.87. The monoisotopic (exact) mass is 474 g/mol. The number of amides is 4. The van der Waals surface area contributed by atoms with Crippen LogP contribution in [-0.4, -0.2) is 17.8 Å². The number of carbonyl (C=O) groups excluding carboxylic acids is 3. The summed E-state index contributed by atoms with van der Waals surface area (Å²) in [5.41, 5.74) is 4.79. The van der Waals surface area contributed by atoms with Crippen molar-refractivity contribution in [3.8, 4) is 5.75 Å². The number of ether oxygens (including phenoxy) is 1. The molecule has 172 valence electrons. The fraction of sp³-hybridized carbons (Fsp3) is 0.148. The summed E-state index contributed by atoms with van der Waals surface area (Å²) < 4.78 is 5.87. The quantitative estimate of drug-likeness (QED) is 0.390. The second kappa shape index (κ2) is 9.53. The normalized spacial score (nSPS) is 15.0. The molecule has 0 aliphatic carbocycles. The molecule has 4 amide bonds. The molecule has 4 rings (SSSR count). The van der Waals surface area contributed by atoms with Crippen LogP contribution < -0.4 is 15.0 Å². The minimum absolute atomic E-state index is 0.150. The van der Waals surface area contributed by atoms with E-state index in [9.17, 15) is 14.4 Å². The molecule has 3 aromatic carbocycles. The third-order valence-corrected chi connectivity index (χ3v) is 5.87. The van der Waals surface area contributed by atoms with E-state index < -0.39 is 17.8 Å². The molecule has 7 heteroatoms. The number of barbiturate groups is 1. The zero-order chi connectivity index (χ0) is 24.4. The molecule has 1 aliphatic heterocycles. The van der Waals surface area contributed by atoms with Crippen molar-refractivity contribution in [2.75, 3.05) is 4.90 Å². The maximum absolute atomic E-state index is 13.1. The Labute approximate surface area is 202 Å². The minimum Gasteiger partial charge on any atom is -0.489 e. The van der Waals surface area contributed by atoms with Crippen LogP contribution in [-0.2, 0) is 16.2 Å². The van der Waals surface area contributed by atoms with E-state index in [2.05, 4.69) is 23.5 Å². The summed E-state index contributed by atoms with van der Waals surface area (Å²) in [5, 5.41) is 2.64. The molecule has 0 radical (unpaired) electrons. The lowest BCUT2D eigenvalue weighted by atomic mass is 10.1. The Morgan fingerprint density at radius 1 is 0.941 bits per heavy atom. The number of nitrogens with zero attached hydrogens (tertiary/aromatic N) is 1. The number of aryl methyl sites for hydroxylation is 2. The molecule has 0 aromatic heterocycles. The molecule has 3 aromatic rings. The van der Waals surface area contributed by atoms with Gasteiger partial charge < -0.3 is 4.74 Å². The van der Waals surface area contributed by atoms with Crippen LogP contribution in [0.25, 0.3) is 6.08 Å². The summed E-state index contributed by atoms with van der Waals surface area (Å²) in [7, 11) is 0. The number of carbonyl (C=O) groups is 3. The van der Waals surface area contributed by atoms with E-state index in [1.54, 1.807) is 49.4 Å². The molecule has 0 atom stereocenters. The lowest BCUT2D eigenvalue weighted by molar-refractivity contribution is -0.122. The molecule has 1 fully saturated rings. The van der Waals surface area contributed by atoms with Crippen molar-refractivity contribution < 1.29 is 19.1 Å². The van der Waals surface area contributed by atoms with E-state index >= 15 is 0 Å². The average molecular weight is 475 g/mol. The van der Waals surface area contributed by atoms with Gasteiger partial charge in [-0.05, 0) is 67.8 Å². The average Bonchev–Trinajstić information content (AvgIpc) is 2.78. The Morgan fingerprint density at radius 3 is 2.29 bits per heavy atom. The highest BCUT2D eigenvalue weighted by atomic mass is 35.5. The van der Waals surface area contributed by atoms with Crippen LogP contribution >= 0.6 is 11.6 Å². The van der Waals surface area contributed by atoms with Crippen LogP contribution in [0.2, 0.25) is 5.02 Å². The number of rotatable bonds is 5. The molecule has 1 saturated heterocycles. The van der Waals surface area contributed by atoms with E-state index in [-0.39, 0.29) is 5.57 Å². The number of imide groups is 2. The number of hydrogen-bond donors (Lipinski definition) is 1. The Hall–Kier alpha value is -3.90. The summed E-state index contributed by atoms with van der Waals surface area (Å²) in [5.74, 6) is -0.803. The van der Waals surface area contributed by atoms with Gasteiger partial charge in [0.25, 0.3) is 11.8 Å². The predicted octanol–water partition coefficient (Wildman–Crippen LogP) is 5.51. The molecule has 0 spiro atoms. The van der Waals surface area contributed by atoms with Crippen LogP contribution in [0.1, 0.15) is 27.8 Å². The van der Waals surface area contributed by atoms with Gasteiger partial charge in [0.05, 0.1) is 5.69 Å². The van der Waals surface area contributed by atoms with Crippen molar-refractivity contribution in [1.29, 1.82) is 0 Å². The number of nitrogens with one attached hydrogen (secondary N) is 1. The van der Waals surface area contributed by atoms with Crippen molar-refractivity contribution in [2.24, 2.45) is 0 Å². The molecule has 34 heavy (non-hydrogen) atoms. The topological polar surface area (TPSA) is 75.7 Å². The van der Waals surface area contributed by atoms with Crippen LogP contribution in [0.15, 0.2) is 66.2 Å². The first-order valence-electron chi connectivity index (χ1n) is 10.7. The van der Waals surface area contributed by atoms with Crippen LogP contribution in [0.5, 0.6) is 5.75 Å². The first-order chi connectivity index (χ1) is 16.2. The zero-order valence-corrected chi connectivity index (χ0v) is 19.8. The first-order valence-corrected chi connectivity index (χ1v) is 11.1. The molecule has 1 aliphatic rings. The highest BCUT2D eigenvalue weighted by Gasteiger charge is 2.37. The molecule has 0 unspecified atom stereocenters. The van der Waals surface area contributed by atoms with Gasteiger partial charge in [-0.3, -0.25) is 14.9 Å². The molecule has 0 saturated carbocycles. The lowest BCUT2D eigenvalue weighted by Crippen LogP contribution is -2.54. The van der Waals surface area contributed by atoms with Gasteiger partial charge in [0.1, 0.15) is 17.9 Å². The Kier molecular flexibility index (Phi) is 6.52. The fourth-order valence-corrected chi connectivity index (χ4v) is 4.03. The summed E-state index contributed by atoms with van der Waals surface area (Å²) in [6.07, 6.45) is 1.45. The molecule has 1 N–H and O–H groups in total. The zero-order valence-electron chi connectivity index (χ0n) is 19.0. The summed E-state index contributed by atoms with van der Waals surface area (Å²) in [6.45, 7) is 6.22. The van der Waals surface area contributed by atoms with E-state index in [0.717, 1.165) is 10.5 Å². The second-order valence-electron chi connectivity index (χ2n) is 8.20. The van der Waals surface area contributed by atoms with Gasteiger partial charge in [-0.15, -0.1) is 0 Å². The predicted molar refractivity (Wildman–Crippen MR) is 132 cm³/mol. The number of benzene rings is 3. The minimum atomic E-state index is -0.812. The van der Waals surface area contributed by atoms with Gasteiger partial charge in [0.15, 0.2) is 0 Å². The van der Waals surface area contributed by atoms with Crippen molar-refractivity contribution in [2.45, 2.75) is 27.4 Å². The smallest absolute Gasteiger partial charge is 0.335 e. The van der Waals surface area contributed by atoms with Crippen LogP contribution in [0.3, 0.4) is 0 Å². The van der Waals surface area contributed by atoms with Crippen molar-refractivity contribution in [3.63, 3.8) is 0 Å². The van der Waals surface area contributed by atoms with Gasteiger partial charge in [-0.1, -0.05) is 59.1 Å². The van der Waals surface area contributed by atoms with E-state index in [0.29, 0.717) is 34.2 Å². The van der Waals surface area contributed by atoms with Gasteiger partial charge in [0.2, 0.25) is 0 Å². The van der Waals surface area contributed by atoms with Crippen molar-refractivity contribution in [1.82, 2.24) is 5.32 Å². The van der Waals surface area contributed by atoms with Gasteiger partial charge in [-0.25, -0.2) is 9.69 Å². The largest absolute Gasteiger partial charge is 0.489 e. The lowest BCUT2D eigenvalue weighted by Gasteiger charge is -2.27. The van der Waals surface area contributed by atoms with Crippen molar-refractivity contribution in [3.05, 3.63) is 99.1 Å².